The highest BCUT2D eigenvalue weighted by atomic mass is 79.9. The molecule has 1 unspecified atom stereocenters. The zero-order valence-electron chi connectivity index (χ0n) is 8.17. The Kier molecular flexibility index (Phi) is 2.14. The number of hydrogen-bond donors (Lipinski definition) is 0. The van der Waals surface area contributed by atoms with Crippen molar-refractivity contribution in [3.63, 3.8) is 0 Å². The Labute approximate surface area is 93.2 Å². The maximum Gasteiger partial charge on any atom is 0.0210 e. The predicted octanol–water partition coefficient (Wildman–Crippen LogP) is 2.62. The van der Waals surface area contributed by atoms with E-state index in [1.54, 1.807) is 11.1 Å². The van der Waals surface area contributed by atoms with E-state index in [4.69, 9.17) is 0 Å². The van der Waals surface area contributed by atoms with Gasteiger partial charge < -0.3 is 0 Å². The van der Waals surface area contributed by atoms with Gasteiger partial charge in [-0.2, -0.15) is 0 Å². The molecule has 1 atom stereocenters. The lowest BCUT2D eigenvalue weighted by molar-refractivity contribution is 0.123. The summed E-state index contributed by atoms with van der Waals surface area (Å²) in [6.07, 6.45) is 3.90. The van der Waals surface area contributed by atoms with E-state index in [1.807, 2.05) is 0 Å². The average Bonchev–Trinajstić information content (AvgIpc) is 2.46. The van der Waals surface area contributed by atoms with Crippen LogP contribution >= 0.6 is 15.9 Å². The molecule has 1 heterocycles. The summed E-state index contributed by atoms with van der Waals surface area (Å²) in [6.45, 7) is 2.63. The molecule has 1 fully saturated rings. The highest BCUT2D eigenvalue weighted by Gasteiger charge is 2.30. The molecule has 0 saturated carbocycles. The smallest absolute Gasteiger partial charge is 0.0210 e. The third-order valence-corrected chi connectivity index (χ3v) is 4.26. The number of rotatable bonds is 1. The van der Waals surface area contributed by atoms with Crippen molar-refractivity contribution in [1.82, 2.24) is 4.90 Å². The predicted molar refractivity (Wildman–Crippen MR) is 61.5 cm³/mol. The van der Waals surface area contributed by atoms with Crippen molar-refractivity contribution in [2.75, 3.05) is 13.1 Å². The van der Waals surface area contributed by atoms with Crippen LogP contribution in [0.2, 0.25) is 0 Å². The molecule has 1 aromatic carbocycles. The highest BCUT2D eigenvalue weighted by molar-refractivity contribution is 9.10. The minimum absolute atomic E-state index is 0.789. The molecule has 0 spiro atoms. The van der Waals surface area contributed by atoms with Gasteiger partial charge >= 0.3 is 0 Å². The molecule has 0 aromatic heterocycles. The van der Waals surface area contributed by atoms with Crippen LogP contribution in [0.15, 0.2) is 22.7 Å². The normalized spacial score (nSPS) is 25.9. The molecule has 0 amide bonds. The number of likely N-dealkylation sites (tertiary alicyclic amines) is 1. The first kappa shape index (κ1) is 8.93. The van der Waals surface area contributed by atoms with E-state index in [0.29, 0.717) is 0 Å². The first-order chi connectivity index (χ1) is 6.84. The standard InChI is InChI=1S/C12H14BrN/c13-12-4-1-3-9-7-10(8-11(9)12)14-5-2-6-14/h1,3-4,10H,2,5-8H2. The lowest BCUT2D eigenvalue weighted by atomic mass is 10.1. The van der Waals surface area contributed by atoms with E-state index in [1.165, 1.54) is 36.8 Å². The first-order valence-electron chi connectivity index (χ1n) is 5.35. The van der Waals surface area contributed by atoms with Crippen LogP contribution in [-0.4, -0.2) is 24.0 Å². The minimum Gasteiger partial charge on any atom is -0.300 e. The summed E-state index contributed by atoms with van der Waals surface area (Å²) in [6, 6.07) is 7.39. The van der Waals surface area contributed by atoms with Crippen molar-refractivity contribution in [3.8, 4) is 0 Å². The van der Waals surface area contributed by atoms with Gasteiger partial charge in [-0.3, -0.25) is 4.90 Å². The Balaban J connectivity index is 1.86. The Hall–Kier alpha value is -0.340. The summed E-state index contributed by atoms with van der Waals surface area (Å²) in [5.41, 5.74) is 3.10. The quantitative estimate of drug-likeness (QED) is 0.742. The molecule has 0 radical (unpaired) electrons. The fourth-order valence-electron chi connectivity index (χ4n) is 2.55. The van der Waals surface area contributed by atoms with Gasteiger partial charge in [0.05, 0.1) is 0 Å². The summed E-state index contributed by atoms with van der Waals surface area (Å²) < 4.78 is 1.30. The second kappa shape index (κ2) is 3.35. The largest absolute Gasteiger partial charge is 0.300 e. The van der Waals surface area contributed by atoms with Crippen molar-refractivity contribution >= 4 is 15.9 Å². The summed E-state index contributed by atoms with van der Waals surface area (Å²) >= 11 is 3.65. The highest BCUT2D eigenvalue weighted by Crippen LogP contribution is 2.32. The molecule has 0 bridgehead atoms. The fraction of sp³-hybridized carbons (Fsp3) is 0.500. The van der Waals surface area contributed by atoms with Crippen LogP contribution in [0.5, 0.6) is 0 Å². The zero-order chi connectivity index (χ0) is 9.54. The van der Waals surface area contributed by atoms with Gasteiger partial charge in [-0.15, -0.1) is 0 Å². The van der Waals surface area contributed by atoms with E-state index < -0.39 is 0 Å². The van der Waals surface area contributed by atoms with Crippen molar-refractivity contribution in [1.29, 1.82) is 0 Å². The van der Waals surface area contributed by atoms with Crippen LogP contribution < -0.4 is 0 Å². The first-order valence-corrected chi connectivity index (χ1v) is 6.14. The minimum atomic E-state index is 0.789. The van der Waals surface area contributed by atoms with Gasteiger partial charge in [0.1, 0.15) is 0 Å². The maximum atomic E-state index is 3.65. The molecule has 2 aliphatic rings. The average molecular weight is 252 g/mol. The van der Waals surface area contributed by atoms with Crippen LogP contribution in [0.3, 0.4) is 0 Å². The molecule has 14 heavy (non-hydrogen) atoms. The van der Waals surface area contributed by atoms with Crippen LogP contribution in [-0.2, 0) is 12.8 Å². The van der Waals surface area contributed by atoms with Crippen LogP contribution in [0.1, 0.15) is 17.5 Å². The van der Waals surface area contributed by atoms with Crippen LogP contribution in [0, 0.1) is 0 Å². The van der Waals surface area contributed by atoms with Gasteiger partial charge in [-0.05, 0) is 49.5 Å². The molecule has 0 N–H and O–H groups in total. The van der Waals surface area contributed by atoms with Gasteiger partial charge in [0.2, 0.25) is 0 Å². The molecule has 1 nitrogen and oxygen atoms in total. The third kappa shape index (κ3) is 1.32. The molecule has 1 aromatic rings. The SMILES string of the molecule is Brc1cccc2c1CC(N1CCC1)C2. The van der Waals surface area contributed by atoms with Crippen molar-refractivity contribution in [3.05, 3.63) is 33.8 Å². The van der Waals surface area contributed by atoms with Crippen molar-refractivity contribution in [2.24, 2.45) is 0 Å². The number of fused-ring (bicyclic) bond motifs is 1. The van der Waals surface area contributed by atoms with E-state index in [9.17, 15) is 0 Å². The maximum absolute atomic E-state index is 3.65. The second-order valence-electron chi connectivity index (χ2n) is 4.33. The second-order valence-corrected chi connectivity index (χ2v) is 5.18. The molecule has 1 saturated heterocycles. The summed E-state index contributed by atoms with van der Waals surface area (Å²) in [5.74, 6) is 0. The number of halogens is 1. The zero-order valence-corrected chi connectivity index (χ0v) is 9.76. The van der Waals surface area contributed by atoms with Crippen LogP contribution in [0.4, 0.5) is 0 Å². The molecular formula is C12H14BrN. The lowest BCUT2D eigenvalue weighted by Gasteiger charge is -2.36. The number of nitrogens with zero attached hydrogens (tertiary/aromatic N) is 1. The molecule has 3 rings (SSSR count). The van der Waals surface area contributed by atoms with E-state index in [2.05, 4.69) is 39.0 Å². The van der Waals surface area contributed by atoms with Crippen LogP contribution in [0.25, 0.3) is 0 Å². The molecular weight excluding hydrogens is 238 g/mol. The monoisotopic (exact) mass is 251 g/mol. The van der Waals surface area contributed by atoms with Gasteiger partial charge in [0.15, 0.2) is 0 Å². The number of benzene rings is 1. The summed E-state index contributed by atoms with van der Waals surface area (Å²) in [7, 11) is 0. The fourth-order valence-corrected chi connectivity index (χ4v) is 3.12. The summed E-state index contributed by atoms with van der Waals surface area (Å²) in [4.78, 5) is 2.62. The van der Waals surface area contributed by atoms with Crippen molar-refractivity contribution < 1.29 is 0 Å². The lowest BCUT2D eigenvalue weighted by Crippen LogP contribution is -2.45. The van der Waals surface area contributed by atoms with Crippen molar-refractivity contribution in [2.45, 2.75) is 25.3 Å². The number of hydrogen-bond acceptors (Lipinski definition) is 1. The Morgan fingerprint density at radius 1 is 1.21 bits per heavy atom. The van der Waals surface area contributed by atoms with E-state index in [0.717, 1.165) is 6.04 Å². The Morgan fingerprint density at radius 2 is 2.07 bits per heavy atom. The van der Waals surface area contributed by atoms with E-state index in [-0.39, 0.29) is 0 Å². The topological polar surface area (TPSA) is 3.24 Å². The molecule has 74 valence electrons. The van der Waals surface area contributed by atoms with Gasteiger partial charge in [-0.1, -0.05) is 28.1 Å². The van der Waals surface area contributed by atoms with E-state index >= 15 is 0 Å². The third-order valence-electron chi connectivity index (χ3n) is 3.52. The summed E-state index contributed by atoms with van der Waals surface area (Å²) in [5, 5.41) is 0. The molecule has 1 aliphatic carbocycles. The molecule has 2 heteroatoms. The molecule has 1 aliphatic heterocycles. The van der Waals surface area contributed by atoms with Gasteiger partial charge in [-0.25, -0.2) is 0 Å². The Morgan fingerprint density at radius 3 is 2.71 bits per heavy atom. The van der Waals surface area contributed by atoms with Gasteiger partial charge in [0.25, 0.3) is 0 Å². The van der Waals surface area contributed by atoms with Gasteiger partial charge in [0, 0.05) is 10.5 Å². The Bertz CT molecular complexity index is 357.